The van der Waals surface area contributed by atoms with Crippen molar-refractivity contribution in [3.8, 4) is 22.3 Å². The van der Waals surface area contributed by atoms with Gasteiger partial charge < -0.3 is 4.42 Å². The molecule has 0 unspecified atom stereocenters. The number of hydrogen-bond donors (Lipinski definition) is 0. The fourth-order valence-electron chi connectivity index (χ4n) is 9.06. The van der Waals surface area contributed by atoms with E-state index in [0.29, 0.717) is 0 Å². The van der Waals surface area contributed by atoms with E-state index in [2.05, 4.69) is 182 Å². The molecule has 0 fully saturated rings. The van der Waals surface area contributed by atoms with Gasteiger partial charge >= 0.3 is 0 Å². The van der Waals surface area contributed by atoms with Crippen molar-refractivity contribution in [2.45, 2.75) is 0 Å². The molecule has 0 saturated heterocycles. The Morgan fingerprint density at radius 3 is 1.60 bits per heavy atom. The van der Waals surface area contributed by atoms with Gasteiger partial charge in [-0.3, -0.25) is 0 Å². The van der Waals surface area contributed by atoms with E-state index in [-0.39, 0.29) is 0 Å². The number of rotatable bonds is 2. The molecule has 0 amide bonds. The summed E-state index contributed by atoms with van der Waals surface area (Å²) in [7, 11) is 0. The summed E-state index contributed by atoms with van der Waals surface area (Å²) in [5.41, 5.74) is 6.78. The van der Waals surface area contributed by atoms with Crippen LogP contribution in [0.1, 0.15) is 0 Å². The molecule has 244 valence electrons. The van der Waals surface area contributed by atoms with Crippen molar-refractivity contribution in [1.29, 1.82) is 0 Å². The van der Waals surface area contributed by atoms with Gasteiger partial charge in [0.05, 0.1) is 0 Å². The van der Waals surface area contributed by atoms with E-state index < -0.39 is 0 Å². The molecule has 0 bridgehead atoms. The van der Waals surface area contributed by atoms with Crippen LogP contribution < -0.4 is 0 Å². The predicted molar refractivity (Wildman–Crippen MR) is 227 cm³/mol. The summed E-state index contributed by atoms with van der Waals surface area (Å²) in [6, 6.07) is 66.9. The van der Waals surface area contributed by atoms with Crippen molar-refractivity contribution < 1.29 is 4.42 Å². The lowest BCUT2D eigenvalue weighted by molar-refractivity contribution is 0.670. The van der Waals surface area contributed by atoms with Gasteiger partial charge in [0.2, 0.25) is 0 Å². The highest BCUT2D eigenvalue weighted by molar-refractivity contribution is 6.30. The molecule has 1 nitrogen and oxygen atoms in total. The first-order valence-electron chi connectivity index (χ1n) is 18.3. The summed E-state index contributed by atoms with van der Waals surface area (Å²) in [6.45, 7) is 0. The van der Waals surface area contributed by atoms with Gasteiger partial charge in [-0.1, -0.05) is 140 Å². The monoisotopic (exact) mass is 670 g/mol. The molecule has 0 atom stereocenters. The van der Waals surface area contributed by atoms with E-state index in [1.807, 2.05) is 0 Å². The molecule has 1 heteroatoms. The Morgan fingerprint density at radius 1 is 0.245 bits per heavy atom. The third-order valence-electron chi connectivity index (χ3n) is 11.6. The lowest BCUT2D eigenvalue weighted by Gasteiger charge is -2.13. The molecule has 0 radical (unpaired) electrons. The van der Waals surface area contributed by atoms with Crippen molar-refractivity contribution in [3.05, 3.63) is 182 Å². The summed E-state index contributed by atoms with van der Waals surface area (Å²) in [4.78, 5) is 0. The van der Waals surface area contributed by atoms with Gasteiger partial charge in [-0.05, 0) is 140 Å². The van der Waals surface area contributed by atoms with Crippen molar-refractivity contribution >= 4 is 97.3 Å². The van der Waals surface area contributed by atoms with Crippen LogP contribution in [0, 0.1) is 0 Å². The Labute approximate surface area is 304 Å². The third-order valence-corrected chi connectivity index (χ3v) is 11.6. The van der Waals surface area contributed by atoms with E-state index in [1.54, 1.807) is 0 Å². The molecule has 11 aromatic carbocycles. The van der Waals surface area contributed by atoms with Crippen LogP contribution in [0.4, 0.5) is 0 Å². The van der Waals surface area contributed by atoms with Gasteiger partial charge in [-0.15, -0.1) is 0 Å². The average Bonchev–Trinajstić information content (AvgIpc) is 3.60. The fourth-order valence-corrected chi connectivity index (χ4v) is 9.06. The molecule has 12 rings (SSSR count). The van der Waals surface area contributed by atoms with Crippen LogP contribution in [0.15, 0.2) is 186 Å². The molecule has 1 heterocycles. The molecule has 53 heavy (non-hydrogen) atoms. The van der Waals surface area contributed by atoms with Gasteiger partial charge in [0, 0.05) is 10.8 Å². The predicted octanol–water partition coefficient (Wildman–Crippen LogP) is 15.0. The quantitative estimate of drug-likeness (QED) is 0.167. The second-order valence-corrected chi connectivity index (χ2v) is 14.4. The van der Waals surface area contributed by atoms with Crippen molar-refractivity contribution in [1.82, 2.24) is 0 Å². The summed E-state index contributed by atoms with van der Waals surface area (Å²) in [5, 5.41) is 19.9. The summed E-state index contributed by atoms with van der Waals surface area (Å²) >= 11 is 0. The maximum atomic E-state index is 6.55. The van der Waals surface area contributed by atoms with E-state index in [9.17, 15) is 0 Å². The highest BCUT2D eigenvalue weighted by Crippen LogP contribution is 2.43. The molecule has 1 aromatic heterocycles. The summed E-state index contributed by atoms with van der Waals surface area (Å²) in [5.74, 6) is 0. The van der Waals surface area contributed by atoms with E-state index in [1.165, 1.54) is 103 Å². The molecule has 0 aliphatic rings. The smallest absolute Gasteiger partial charge is 0.136 e. The van der Waals surface area contributed by atoms with E-state index >= 15 is 0 Å². The standard InChI is InChI=1S/C52H30O/c1-4-12-39-32(9-1)22-24-50-52(39)49-29-47-43-16-8-7-15-42(43)46-27-34(21-23-44(46)48(47)30-51(49)53-50)33-19-17-31-18-20-36(26-37(31)25-33)45-28-35-10-2-3-11-38(35)40-13-5-6-14-41(40)45/h1-30H. The second-order valence-electron chi connectivity index (χ2n) is 14.4. The van der Waals surface area contributed by atoms with Crippen molar-refractivity contribution in [2.75, 3.05) is 0 Å². The van der Waals surface area contributed by atoms with Crippen LogP contribution in [0.2, 0.25) is 0 Å². The maximum absolute atomic E-state index is 6.55. The normalized spacial score (nSPS) is 12.2. The van der Waals surface area contributed by atoms with Gasteiger partial charge in [0.25, 0.3) is 0 Å². The highest BCUT2D eigenvalue weighted by Gasteiger charge is 2.16. The van der Waals surface area contributed by atoms with Crippen LogP contribution in [0.5, 0.6) is 0 Å². The van der Waals surface area contributed by atoms with Gasteiger partial charge in [-0.2, -0.15) is 0 Å². The largest absolute Gasteiger partial charge is 0.456 e. The fraction of sp³-hybridized carbons (Fsp3) is 0. The minimum atomic E-state index is 0.925. The number of hydrogen-bond acceptors (Lipinski definition) is 1. The van der Waals surface area contributed by atoms with E-state index in [4.69, 9.17) is 4.42 Å². The van der Waals surface area contributed by atoms with Crippen LogP contribution in [-0.4, -0.2) is 0 Å². The number of benzene rings is 11. The van der Waals surface area contributed by atoms with Crippen LogP contribution in [0.25, 0.3) is 120 Å². The molecule has 0 N–H and O–H groups in total. The first-order valence-corrected chi connectivity index (χ1v) is 18.3. The van der Waals surface area contributed by atoms with Crippen molar-refractivity contribution in [3.63, 3.8) is 0 Å². The van der Waals surface area contributed by atoms with E-state index in [0.717, 1.165) is 16.6 Å². The molecule has 0 aliphatic carbocycles. The molecule has 0 aliphatic heterocycles. The van der Waals surface area contributed by atoms with Crippen LogP contribution in [-0.2, 0) is 0 Å². The topological polar surface area (TPSA) is 13.1 Å². The van der Waals surface area contributed by atoms with Gasteiger partial charge in [0.15, 0.2) is 0 Å². The summed E-state index contributed by atoms with van der Waals surface area (Å²) < 4.78 is 6.55. The van der Waals surface area contributed by atoms with Crippen LogP contribution in [0.3, 0.4) is 0 Å². The Kier molecular flexibility index (Phi) is 5.84. The summed E-state index contributed by atoms with van der Waals surface area (Å²) in [6.07, 6.45) is 0. The number of furan rings is 1. The lowest BCUT2D eigenvalue weighted by atomic mass is 9.90. The zero-order chi connectivity index (χ0) is 34.6. The Balaban J connectivity index is 1.05. The molecule has 0 spiro atoms. The zero-order valence-electron chi connectivity index (χ0n) is 28.7. The Hall–Kier alpha value is -6.96. The maximum Gasteiger partial charge on any atom is 0.136 e. The minimum Gasteiger partial charge on any atom is -0.456 e. The molecule has 12 aromatic rings. The highest BCUT2D eigenvalue weighted by atomic mass is 16.3. The average molecular weight is 671 g/mol. The third kappa shape index (κ3) is 4.19. The Bertz CT molecular complexity index is 3510. The SMILES string of the molecule is c1ccc2c(c1)cc(-c1ccc3ccc(-c4ccc5c(c4)c4ccccc4c4cc6c(cc54)oc4ccc5ccccc5c46)cc3c1)c1ccccc12. The number of fused-ring (bicyclic) bond motifs is 15. The zero-order valence-corrected chi connectivity index (χ0v) is 28.7. The Morgan fingerprint density at radius 2 is 0.792 bits per heavy atom. The minimum absolute atomic E-state index is 0.925. The molecule has 0 saturated carbocycles. The first kappa shape index (κ1) is 28.7. The molecular weight excluding hydrogens is 641 g/mol. The second kappa shape index (κ2) is 10.8. The van der Waals surface area contributed by atoms with Crippen molar-refractivity contribution in [2.24, 2.45) is 0 Å². The van der Waals surface area contributed by atoms with Gasteiger partial charge in [-0.25, -0.2) is 0 Å². The molecular formula is C52H30O. The van der Waals surface area contributed by atoms with Crippen LogP contribution >= 0.6 is 0 Å². The lowest BCUT2D eigenvalue weighted by Crippen LogP contribution is -1.87. The van der Waals surface area contributed by atoms with Gasteiger partial charge in [0.1, 0.15) is 11.2 Å². The first-order chi connectivity index (χ1) is 26.2.